The Kier molecular flexibility index (Phi) is 4.00. The molecule has 2 heteroatoms. The van der Waals surface area contributed by atoms with Gasteiger partial charge in [-0.25, -0.2) is 0 Å². The number of nitrogens with zero attached hydrogens (tertiary/aromatic N) is 2. The van der Waals surface area contributed by atoms with Gasteiger partial charge in [0.1, 0.15) is 0 Å². The predicted octanol–water partition coefficient (Wildman–Crippen LogP) is 2.67. The van der Waals surface area contributed by atoms with Crippen LogP contribution in [0.2, 0.25) is 0 Å². The van der Waals surface area contributed by atoms with Crippen LogP contribution in [0.4, 0.5) is 5.69 Å². The second kappa shape index (κ2) is 5.29. The van der Waals surface area contributed by atoms with E-state index in [1.807, 2.05) is 25.1 Å². The van der Waals surface area contributed by atoms with Gasteiger partial charge in [-0.2, -0.15) is 5.26 Å². The van der Waals surface area contributed by atoms with Gasteiger partial charge in [0.25, 0.3) is 0 Å². The molecular formula is C12H16N2. The van der Waals surface area contributed by atoms with Crippen molar-refractivity contribution in [3.63, 3.8) is 0 Å². The van der Waals surface area contributed by atoms with Crippen LogP contribution in [0.15, 0.2) is 30.3 Å². The summed E-state index contributed by atoms with van der Waals surface area (Å²) < 4.78 is 0. The molecule has 0 aliphatic carbocycles. The Hall–Kier alpha value is -1.49. The van der Waals surface area contributed by atoms with Gasteiger partial charge in [0.2, 0.25) is 0 Å². The maximum Gasteiger partial charge on any atom is 0.0671 e. The van der Waals surface area contributed by atoms with Gasteiger partial charge < -0.3 is 4.90 Å². The van der Waals surface area contributed by atoms with Crippen LogP contribution in [0.1, 0.15) is 13.8 Å². The average Bonchev–Trinajstić information content (AvgIpc) is 2.26. The van der Waals surface area contributed by atoms with E-state index in [0.717, 1.165) is 13.1 Å². The number of hydrogen-bond acceptors (Lipinski definition) is 2. The number of hydrogen-bond donors (Lipinski definition) is 0. The third kappa shape index (κ3) is 2.77. The zero-order chi connectivity index (χ0) is 10.4. The van der Waals surface area contributed by atoms with Gasteiger partial charge in [-0.3, -0.25) is 0 Å². The Labute approximate surface area is 85.8 Å². The fourth-order valence-electron chi connectivity index (χ4n) is 1.43. The first kappa shape index (κ1) is 10.6. The van der Waals surface area contributed by atoms with Crippen molar-refractivity contribution >= 4 is 5.69 Å². The maximum absolute atomic E-state index is 8.75. The fraction of sp³-hybridized carbons (Fsp3) is 0.417. The molecule has 0 aromatic heterocycles. The van der Waals surface area contributed by atoms with Gasteiger partial charge in [0, 0.05) is 18.8 Å². The number of rotatable bonds is 4. The molecule has 1 atom stereocenters. The molecule has 0 spiro atoms. The topological polar surface area (TPSA) is 27.0 Å². The van der Waals surface area contributed by atoms with Crippen LogP contribution in [0.3, 0.4) is 0 Å². The minimum atomic E-state index is 0.0788. The van der Waals surface area contributed by atoms with Crippen LogP contribution in [0, 0.1) is 17.2 Å². The van der Waals surface area contributed by atoms with E-state index < -0.39 is 0 Å². The molecule has 1 rings (SSSR count). The van der Waals surface area contributed by atoms with Gasteiger partial charge in [0.15, 0.2) is 0 Å². The van der Waals surface area contributed by atoms with E-state index in [1.165, 1.54) is 5.69 Å². The summed E-state index contributed by atoms with van der Waals surface area (Å²) in [7, 11) is 0. The lowest BCUT2D eigenvalue weighted by molar-refractivity contribution is 0.686. The highest BCUT2D eigenvalue weighted by atomic mass is 15.1. The van der Waals surface area contributed by atoms with Gasteiger partial charge in [-0.05, 0) is 26.0 Å². The van der Waals surface area contributed by atoms with E-state index in [2.05, 4.69) is 30.0 Å². The quantitative estimate of drug-likeness (QED) is 0.726. The molecule has 0 heterocycles. The zero-order valence-corrected chi connectivity index (χ0v) is 8.77. The summed E-state index contributed by atoms with van der Waals surface area (Å²) in [5.74, 6) is 0.0788. The Morgan fingerprint density at radius 1 is 1.36 bits per heavy atom. The Bertz CT molecular complexity index is 300. The average molecular weight is 188 g/mol. The van der Waals surface area contributed by atoms with Crippen molar-refractivity contribution in [1.29, 1.82) is 5.26 Å². The third-order valence-corrected chi connectivity index (χ3v) is 2.22. The molecule has 0 aliphatic heterocycles. The molecule has 1 aromatic carbocycles. The molecule has 14 heavy (non-hydrogen) atoms. The van der Waals surface area contributed by atoms with Crippen molar-refractivity contribution < 1.29 is 0 Å². The predicted molar refractivity (Wildman–Crippen MR) is 59.1 cm³/mol. The smallest absolute Gasteiger partial charge is 0.0671 e. The summed E-state index contributed by atoms with van der Waals surface area (Å²) in [6.45, 7) is 5.80. The molecule has 0 saturated heterocycles. The molecule has 1 unspecified atom stereocenters. The summed E-state index contributed by atoms with van der Waals surface area (Å²) in [6, 6.07) is 12.5. The molecule has 0 N–H and O–H groups in total. The van der Waals surface area contributed by atoms with E-state index in [1.54, 1.807) is 0 Å². The van der Waals surface area contributed by atoms with Crippen molar-refractivity contribution in [3.05, 3.63) is 30.3 Å². The molecule has 0 amide bonds. The molecule has 2 nitrogen and oxygen atoms in total. The summed E-state index contributed by atoms with van der Waals surface area (Å²) in [4.78, 5) is 2.22. The van der Waals surface area contributed by atoms with Crippen LogP contribution in [0.5, 0.6) is 0 Å². The fourth-order valence-corrected chi connectivity index (χ4v) is 1.43. The molecule has 1 aromatic rings. The Morgan fingerprint density at radius 3 is 2.50 bits per heavy atom. The first-order valence-corrected chi connectivity index (χ1v) is 4.97. The zero-order valence-electron chi connectivity index (χ0n) is 8.77. The first-order chi connectivity index (χ1) is 6.77. The number of para-hydroxylation sites is 1. The minimum Gasteiger partial charge on any atom is -0.371 e. The second-order valence-corrected chi connectivity index (χ2v) is 3.40. The van der Waals surface area contributed by atoms with Crippen molar-refractivity contribution in [3.8, 4) is 6.07 Å². The Morgan fingerprint density at radius 2 is 2.00 bits per heavy atom. The molecule has 0 bridgehead atoms. The van der Waals surface area contributed by atoms with E-state index in [-0.39, 0.29) is 5.92 Å². The highest BCUT2D eigenvalue weighted by Gasteiger charge is 2.07. The molecule has 74 valence electrons. The van der Waals surface area contributed by atoms with Gasteiger partial charge >= 0.3 is 0 Å². The van der Waals surface area contributed by atoms with Crippen molar-refractivity contribution in [2.24, 2.45) is 5.92 Å². The lowest BCUT2D eigenvalue weighted by atomic mass is 10.2. The van der Waals surface area contributed by atoms with Crippen molar-refractivity contribution in [2.45, 2.75) is 13.8 Å². The SMILES string of the molecule is CCN(CC(C)C#N)c1ccccc1. The summed E-state index contributed by atoms with van der Waals surface area (Å²) in [5, 5.41) is 8.75. The standard InChI is InChI=1S/C12H16N2/c1-3-14(10-11(2)9-13)12-7-5-4-6-8-12/h4-8,11H,3,10H2,1-2H3. The highest BCUT2D eigenvalue weighted by Crippen LogP contribution is 2.14. The van der Waals surface area contributed by atoms with E-state index in [0.29, 0.717) is 0 Å². The third-order valence-electron chi connectivity index (χ3n) is 2.22. The van der Waals surface area contributed by atoms with Crippen LogP contribution in [-0.2, 0) is 0 Å². The van der Waals surface area contributed by atoms with Crippen LogP contribution >= 0.6 is 0 Å². The molecule has 0 aliphatic rings. The summed E-state index contributed by atoms with van der Waals surface area (Å²) >= 11 is 0. The molecular weight excluding hydrogens is 172 g/mol. The highest BCUT2D eigenvalue weighted by molar-refractivity contribution is 5.45. The van der Waals surface area contributed by atoms with E-state index in [4.69, 9.17) is 5.26 Å². The van der Waals surface area contributed by atoms with Crippen molar-refractivity contribution in [1.82, 2.24) is 0 Å². The Balaban J connectivity index is 2.69. The van der Waals surface area contributed by atoms with E-state index in [9.17, 15) is 0 Å². The van der Waals surface area contributed by atoms with Gasteiger partial charge in [-0.15, -0.1) is 0 Å². The van der Waals surface area contributed by atoms with Crippen LogP contribution in [0.25, 0.3) is 0 Å². The van der Waals surface area contributed by atoms with Crippen molar-refractivity contribution in [2.75, 3.05) is 18.0 Å². The van der Waals surface area contributed by atoms with Crippen LogP contribution in [-0.4, -0.2) is 13.1 Å². The molecule has 0 saturated carbocycles. The minimum absolute atomic E-state index is 0.0788. The first-order valence-electron chi connectivity index (χ1n) is 4.97. The maximum atomic E-state index is 8.75. The lowest BCUT2D eigenvalue weighted by Gasteiger charge is -2.23. The monoisotopic (exact) mass is 188 g/mol. The van der Waals surface area contributed by atoms with E-state index >= 15 is 0 Å². The summed E-state index contributed by atoms with van der Waals surface area (Å²) in [5.41, 5.74) is 1.19. The van der Waals surface area contributed by atoms with Gasteiger partial charge in [0.05, 0.1) is 12.0 Å². The summed E-state index contributed by atoms with van der Waals surface area (Å²) in [6.07, 6.45) is 0. The van der Waals surface area contributed by atoms with Crippen LogP contribution < -0.4 is 4.90 Å². The van der Waals surface area contributed by atoms with Gasteiger partial charge in [-0.1, -0.05) is 18.2 Å². The largest absolute Gasteiger partial charge is 0.371 e. The normalized spacial score (nSPS) is 11.8. The lowest BCUT2D eigenvalue weighted by Crippen LogP contribution is -2.27. The molecule has 0 fully saturated rings. The molecule has 0 radical (unpaired) electrons. The number of anilines is 1. The number of benzene rings is 1. The number of nitriles is 1. The second-order valence-electron chi connectivity index (χ2n) is 3.40.